The lowest BCUT2D eigenvalue weighted by Gasteiger charge is -2.04. The predicted octanol–water partition coefficient (Wildman–Crippen LogP) is 3.01. The second kappa shape index (κ2) is 5.54. The summed E-state index contributed by atoms with van der Waals surface area (Å²) in [5.74, 6) is 0. The van der Waals surface area contributed by atoms with Crippen LogP contribution in [0.25, 0.3) is 10.9 Å². The van der Waals surface area contributed by atoms with Gasteiger partial charge in [-0.2, -0.15) is 0 Å². The molecule has 17 heavy (non-hydrogen) atoms. The summed E-state index contributed by atoms with van der Waals surface area (Å²) in [6.45, 7) is 4.11. The van der Waals surface area contributed by atoms with Crippen molar-refractivity contribution in [2.75, 3.05) is 13.7 Å². The molecule has 0 aliphatic rings. The Labute approximate surface area is 106 Å². The largest absolute Gasteiger partial charge is 0.361 e. The molecule has 3 nitrogen and oxygen atoms in total. The molecule has 1 N–H and O–H groups in total. The molecule has 0 atom stereocenters. The van der Waals surface area contributed by atoms with Crippen LogP contribution in [-0.2, 0) is 18.0 Å². The van der Waals surface area contributed by atoms with Gasteiger partial charge in [-0.1, -0.05) is 17.7 Å². The van der Waals surface area contributed by atoms with Gasteiger partial charge < -0.3 is 14.6 Å². The summed E-state index contributed by atoms with van der Waals surface area (Å²) in [4.78, 5) is 0. The van der Waals surface area contributed by atoms with E-state index in [2.05, 4.69) is 22.1 Å². The molecule has 0 saturated carbocycles. The van der Waals surface area contributed by atoms with E-state index in [0.29, 0.717) is 13.3 Å². The summed E-state index contributed by atoms with van der Waals surface area (Å²) in [6.07, 6.45) is 2.12. The van der Waals surface area contributed by atoms with Crippen molar-refractivity contribution in [2.24, 2.45) is 0 Å². The molecule has 0 aliphatic carbocycles. The monoisotopic (exact) mass is 252 g/mol. The number of ether oxygens (including phenoxy) is 1. The van der Waals surface area contributed by atoms with Crippen LogP contribution in [0, 0.1) is 0 Å². The normalized spacial score (nSPS) is 11.2. The molecule has 2 rings (SSSR count). The van der Waals surface area contributed by atoms with Crippen molar-refractivity contribution < 1.29 is 4.74 Å². The van der Waals surface area contributed by atoms with Gasteiger partial charge in [-0.3, -0.25) is 0 Å². The van der Waals surface area contributed by atoms with Crippen molar-refractivity contribution in [1.82, 2.24) is 9.88 Å². The van der Waals surface area contributed by atoms with Crippen molar-refractivity contribution in [3.8, 4) is 0 Å². The van der Waals surface area contributed by atoms with Crippen LogP contribution >= 0.6 is 11.6 Å². The Kier molecular flexibility index (Phi) is 4.05. The standard InChI is InChI=1S/C13H17ClN2O/c1-3-17-9-16-8-10(7-15-2)12-5-4-11(14)6-13(12)16/h4-6,8,15H,3,7,9H2,1-2H3. The molecule has 0 unspecified atom stereocenters. The maximum Gasteiger partial charge on any atom is 0.122 e. The van der Waals surface area contributed by atoms with Gasteiger partial charge >= 0.3 is 0 Å². The lowest BCUT2D eigenvalue weighted by Crippen LogP contribution is -2.04. The van der Waals surface area contributed by atoms with Crippen LogP contribution in [-0.4, -0.2) is 18.2 Å². The van der Waals surface area contributed by atoms with Gasteiger partial charge in [0.25, 0.3) is 0 Å². The second-order valence-corrected chi connectivity index (χ2v) is 4.37. The summed E-state index contributed by atoms with van der Waals surface area (Å²) in [7, 11) is 1.95. The summed E-state index contributed by atoms with van der Waals surface area (Å²) < 4.78 is 7.55. The fourth-order valence-electron chi connectivity index (χ4n) is 1.97. The Balaban J connectivity index is 2.46. The Hall–Kier alpha value is -1.03. The van der Waals surface area contributed by atoms with E-state index in [1.165, 1.54) is 10.9 Å². The third kappa shape index (κ3) is 2.63. The number of nitrogens with one attached hydrogen (secondary N) is 1. The Morgan fingerprint density at radius 2 is 2.24 bits per heavy atom. The van der Waals surface area contributed by atoms with Gasteiger partial charge in [0.1, 0.15) is 6.73 Å². The van der Waals surface area contributed by atoms with Gasteiger partial charge in [-0.15, -0.1) is 0 Å². The number of hydrogen-bond donors (Lipinski definition) is 1. The van der Waals surface area contributed by atoms with Crippen molar-refractivity contribution in [2.45, 2.75) is 20.2 Å². The van der Waals surface area contributed by atoms with Gasteiger partial charge in [0.05, 0.1) is 5.52 Å². The fraction of sp³-hybridized carbons (Fsp3) is 0.385. The zero-order chi connectivity index (χ0) is 12.3. The Morgan fingerprint density at radius 1 is 1.41 bits per heavy atom. The molecule has 0 amide bonds. The van der Waals surface area contributed by atoms with Crippen molar-refractivity contribution in [3.05, 3.63) is 35.0 Å². The summed E-state index contributed by atoms with van der Waals surface area (Å²) >= 11 is 6.04. The lowest BCUT2D eigenvalue weighted by atomic mass is 10.2. The van der Waals surface area contributed by atoms with E-state index >= 15 is 0 Å². The minimum atomic E-state index is 0.567. The van der Waals surface area contributed by atoms with Gasteiger partial charge in [0, 0.05) is 29.8 Å². The van der Waals surface area contributed by atoms with E-state index in [1.807, 2.05) is 26.1 Å². The minimum absolute atomic E-state index is 0.567. The van der Waals surface area contributed by atoms with Crippen molar-refractivity contribution in [1.29, 1.82) is 0 Å². The second-order valence-electron chi connectivity index (χ2n) is 3.94. The minimum Gasteiger partial charge on any atom is -0.361 e. The molecule has 1 heterocycles. The number of benzene rings is 1. The van der Waals surface area contributed by atoms with E-state index in [-0.39, 0.29) is 0 Å². The maximum atomic E-state index is 6.04. The molecular formula is C13H17ClN2O. The number of rotatable bonds is 5. The molecule has 92 valence electrons. The quantitative estimate of drug-likeness (QED) is 0.885. The molecule has 0 aliphatic heterocycles. The molecule has 0 bridgehead atoms. The highest BCUT2D eigenvalue weighted by Crippen LogP contribution is 2.24. The first-order valence-electron chi connectivity index (χ1n) is 5.76. The smallest absolute Gasteiger partial charge is 0.122 e. The van der Waals surface area contributed by atoms with E-state index < -0.39 is 0 Å². The van der Waals surface area contributed by atoms with Crippen LogP contribution in [0.3, 0.4) is 0 Å². The molecule has 4 heteroatoms. The maximum absolute atomic E-state index is 6.04. The van der Waals surface area contributed by atoms with Crippen LogP contribution < -0.4 is 5.32 Å². The van der Waals surface area contributed by atoms with Crippen molar-refractivity contribution in [3.63, 3.8) is 0 Å². The fourth-order valence-corrected chi connectivity index (χ4v) is 2.14. The van der Waals surface area contributed by atoms with Gasteiger partial charge in [-0.25, -0.2) is 0 Å². The van der Waals surface area contributed by atoms with Gasteiger partial charge in [0.2, 0.25) is 0 Å². The SMILES string of the molecule is CCOCn1cc(CNC)c2ccc(Cl)cc21. The zero-order valence-electron chi connectivity index (χ0n) is 10.2. The Bertz CT molecular complexity index is 507. The molecule has 0 saturated heterocycles. The number of aromatic nitrogens is 1. The van der Waals surface area contributed by atoms with E-state index in [9.17, 15) is 0 Å². The van der Waals surface area contributed by atoms with Crippen LogP contribution in [0.5, 0.6) is 0 Å². The first-order chi connectivity index (χ1) is 8.26. The van der Waals surface area contributed by atoms with Crippen LogP contribution in [0.1, 0.15) is 12.5 Å². The number of fused-ring (bicyclic) bond motifs is 1. The highest BCUT2D eigenvalue weighted by Gasteiger charge is 2.08. The van der Waals surface area contributed by atoms with Crippen LogP contribution in [0.2, 0.25) is 5.02 Å². The molecule has 0 spiro atoms. The predicted molar refractivity (Wildman–Crippen MR) is 71.3 cm³/mol. The zero-order valence-corrected chi connectivity index (χ0v) is 10.9. The highest BCUT2D eigenvalue weighted by molar-refractivity contribution is 6.31. The van der Waals surface area contributed by atoms with Crippen molar-refractivity contribution >= 4 is 22.5 Å². The molecule has 1 aromatic heterocycles. The number of hydrogen-bond acceptors (Lipinski definition) is 2. The lowest BCUT2D eigenvalue weighted by molar-refractivity contribution is 0.0908. The average molecular weight is 253 g/mol. The summed E-state index contributed by atoms with van der Waals surface area (Å²) in [5.41, 5.74) is 2.38. The highest BCUT2D eigenvalue weighted by atomic mass is 35.5. The molecular weight excluding hydrogens is 236 g/mol. The molecule has 1 aromatic carbocycles. The topological polar surface area (TPSA) is 26.2 Å². The van der Waals surface area contributed by atoms with Gasteiger partial charge in [0.15, 0.2) is 0 Å². The van der Waals surface area contributed by atoms with E-state index in [0.717, 1.165) is 17.1 Å². The van der Waals surface area contributed by atoms with Gasteiger partial charge in [-0.05, 0) is 31.7 Å². The van der Waals surface area contributed by atoms with Crippen LogP contribution in [0.15, 0.2) is 24.4 Å². The first-order valence-corrected chi connectivity index (χ1v) is 6.13. The average Bonchev–Trinajstić information content (AvgIpc) is 2.65. The summed E-state index contributed by atoms with van der Waals surface area (Å²) in [6, 6.07) is 5.97. The first kappa shape index (κ1) is 12.4. The number of halogens is 1. The Morgan fingerprint density at radius 3 is 2.94 bits per heavy atom. The molecule has 2 aromatic rings. The third-order valence-electron chi connectivity index (χ3n) is 2.73. The van der Waals surface area contributed by atoms with E-state index in [1.54, 1.807) is 0 Å². The summed E-state index contributed by atoms with van der Waals surface area (Å²) in [5, 5.41) is 5.15. The number of nitrogens with zero attached hydrogens (tertiary/aromatic N) is 1. The van der Waals surface area contributed by atoms with E-state index in [4.69, 9.17) is 16.3 Å². The molecule has 0 fully saturated rings. The third-order valence-corrected chi connectivity index (χ3v) is 2.96. The molecule has 0 radical (unpaired) electrons. The van der Waals surface area contributed by atoms with Crippen LogP contribution in [0.4, 0.5) is 0 Å².